The van der Waals surface area contributed by atoms with E-state index in [-0.39, 0.29) is 17.7 Å². The number of carbonyl (C=O) groups is 2. The van der Waals surface area contributed by atoms with E-state index in [0.717, 1.165) is 31.4 Å². The summed E-state index contributed by atoms with van der Waals surface area (Å²) in [6.07, 6.45) is 3.76. The number of benzene rings is 1. The van der Waals surface area contributed by atoms with Gasteiger partial charge in [0.05, 0.1) is 6.61 Å². The third-order valence-corrected chi connectivity index (χ3v) is 4.97. The average molecular weight is 381 g/mol. The van der Waals surface area contributed by atoms with Gasteiger partial charge in [-0.2, -0.15) is 0 Å². The van der Waals surface area contributed by atoms with Gasteiger partial charge in [-0.25, -0.2) is 0 Å². The Hall–Kier alpha value is -1.75. The maximum absolute atomic E-state index is 12.6. The summed E-state index contributed by atoms with van der Waals surface area (Å²) in [7, 11) is 1.84. The fourth-order valence-corrected chi connectivity index (χ4v) is 3.40. The molecule has 26 heavy (non-hydrogen) atoms. The van der Waals surface area contributed by atoms with Crippen molar-refractivity contribution in [2.45, 2.75) is 39.0 Å². The zero-order chi connectivity index (χ0) is 18.9. The van der Waals surface area contributed by atoms with E-state index in [1.165, 1.54) is 0 Å². The molecule has 5 nitrogen and oxygen atoms in total. The zero-order valence-corrected chi connectivity index (χ0v) is 16.5. The summed E-state index contributed by atoms with van der Waals surface area (Å²) in [4.78, 5) is 28.2. The van der Waals surface area contributed by atoms with E-state index in [1.807, 2.05) is 37.1 Å². The zero-order valence-electron chi connectivity index (χ0n) is 15.7. The fourth-order valence-electron chi connectivity index (χ4n) is 3.22. The molecule has 0 aromatic heterocycles. The fraction of sp³-hybridized carbons (Fsp3) is 0.600. The van der Waals surface area contributed by atoms with Crippen molar-refractivity contribution in [1.82, 2.24) is 9.80 Å². The van der Waals surface area contributed by atoms with E-state index in [0.29, 0.717) is 37.7 Å². The van der Waals surface area contributed by atoms with Gasteiger partial charge in [-0.1, -0.05) is 24.6 Å². The molecule has 0 atom stereocenters. The molecule has 1 aromatic rings. The summed E-state index contributed by atoms with van der Waals surface area (Å²) in [6, 6.07) is 7.31. The molecular weight excluding hydrogens is 352 g/mol. The van der Waals surface area contributed by atoms with Crippen molar-refractivity contribution in [2.75, 3.05) is 33.3 Å². The average Bonchev–Trinajstić information content (AvgIpc) is 2.65. The highest BCUT2D eigenvalue weighted by molar-refractivity contribution is 6.30. The van der Waals surface area contributed by atoms with Crippen LogP contribution in [0.5, 0.6) is 5.75 Å². The largest absolute Gasteiger partial charge is 0.493 e. The first kappa shape index (κ1) is 20.6. The van der Waals surface area contributed by atoms with Crippen LogP contribution in [0, 0.1) is 5.92 Å². The van der Waals surface area contributed by atoms with Crippen molar-refractivity contribution in [3.63, 3.8) is 0 Å². The smallest absolute Gasteiger partial charge is 0.225 e. The molecule has 0 spiro atoms. The SMILES string of the molecule is CCCC(=O)N1CCC(C(=O)N(C)CCCOc2cccc(Cl)c2)CC1. The normalized spacial score (nSPS) is 15.0. The lowest BCUT2D eigenvalue weighted by Gasteiger charge is -2.33. The highest BCUT2D eigenvalue weighted by Gasteiger charge is 2.28. The maximum atomic E-state index is 12.6. The monoisotopic (exact) mass is 380 g/mol. The molecule has 1 heterocycles. The number of hydrogen-bond acceptors (Lipinski definition) is 3. The first-order chi connectivity index (χ1) is 12.5. The second-order valence-corrected chi connectivity index (χ2v) is 7.26. The van der Waals surface area contributed by atoms with Crippen molar-refractivity contribution >= 4 is 23.4 Å². The van der Waals surface area contributed by atoms with E-state index in [9.17, 15) is 9.59 Å². The van der Waals surface area contributed by atoms with E-state index < -0.39 is 0 Å². The van der Waals surface area contributed by atoms with Crippen LogP contribution >= 0.6 is 11.6 Å². The van der Waals surface area contributed by atoms with Crippen LogP contribution in [-0.2, 0) is 9.59 Å². The van der Waals surface area contributed by atoms with Gasteiger partial charge >= 0.3 is 0 Å². The van der Waals surface area contributed by atoms with Crippen LogP contribution in [0.15, 0.2) is 24.3 Å². The number of halogens is 1. The van der Waals surface area contributed by atoms with Crippen molar-refractivity contribution in [1.29, 1.82) is 0 Å². The van der Waals surface area contributed by atoms with Crippen molar-refractivity contribution in [2.24, 2.45) is 5.92 Å². The van der Waals surface area contributed by atoms with Gasteiger partial charge in [0, 0.05) is 44.0 Å². The Bertz CT molecular complexity index is 600. The Morgan fingerprint density at radius 3 is 2.69 bits per heavy atom. The van der Waals surface area contributed by atoms with E-state index >= 15 is 0 Å². The summed E-state index contributed by atoms with van der Waals surface area (Å²) in [6.45, 7) is 4.61. The molecule has 0 bridgehead atoms. The maximum Gasteiger partial charge on any atom is 0.225 e. The quantitative estimate of drug-likeness (QED) is 0.647. The van der Waals surface area contributed by atoms with Crippen LogP contribution in [0.1, 0.15) is 39.0 Å². The molecule has 2 rings (SSSR count). The number of hydrogen-bond donors (Lipinski definition) is 0. The topological polar surface area (TPSA) is 49.9 Å². The lowest BCUT2D eigenvalue weighted by Crippen LogP contribution is -2.43. The second-order valence-electron chi connectivity index (χ2n) is 6.82. The minimum Gasteiger partial charge on any atom is -0.493 e. The van der Waals surface area contributed by atoms with Gasteiger partial charge in [0.15, 0.2) is 0 Å². The molecule has 1 saturated heterocycles. The van der Waals surface area contributed by atoms with Crippen LogP contribution in [0.3, 0.4) is 0 Å². The third kappa shape index (κ3) is 6.20. The Labute approximate surface area is 161 Å². The minimum absolute atomic E-state index is 0.0273. The molecule has 2 amide bonds. The summed E-state index contributed by atoms with van der Waals surface area (Å²) < 4.78 is 5.66. The van der Waals surface area contributed by atoms with E-state index in [1.54, 1.807) is 11.0 Å². The number of nitrogens with zero attached hydrogens (tertiary/aromatic N) is 2. The molecule has 1 fully saturated rings. The van der Waals surface area contributed by atoms with E-state index in [4.69, 9.17) is 16.3 Å². The second kappa shape index (κ2) is 10.4. The van der Waals surface area contributed by atoms with Gasteiger partial charge in [0.25, 0.3) is 0 Å². The van der Waals surface area contributed by atoms with Gasteiger partial charge in [0.1, 0.15) is 5.75 Å². The third-order valence-electron chi connectivity index (χ3n) is 4.74. The first-order valence-corrected chi connectivity index (χ1v) is 9.80. The minimum atomic E-state index is 0.0273. The molecule has 1 aromatic carbocycles. The highest BCUT2D eigenvalue weighted by atomic mass is 35.5. The van der Waals surface area contributed by atoms with Gasteiger partial charge in [0.2, 0.25) is 11.8 Å². The highest BCUT2D eigenvalue weighted by Crippen LogP contribution is 2.20. The van der Waals surface area contributed by atoms with Gasteiger partial charge < -0.3 is 14.5 Å². The Morgan fingerprint density at radius 2 is 2.04 bits per heavy atom. The number of rotatable bonds is 8. The Kier molecular flexibility index (Phi) is 8.23. The summed E-state index contributed by atoms with van der Waals surface area (Å²) in [5.74, 6) is 1.16. The molecule has 1 aliphatic rings. The molecule has 0 radical (unpaired) electrons. The predicted molar refractivity (Wildman–Crippen MR) is 103 cm³/mol. The van der Waals surface area contributed by atoms with Gasteiger partial charge in [-0.05, 0) is 43.9 Å². The summed E-state index contributed by atoms with van der Waals surface area (Å²) in [5, 5.41) is 0.651. The summed E-state index contributed by atoms with van der Waals surface area (Å²) >= 11 is 5.93. The first-order valence-electron chi connectivity index (χ1n) is 9.42. The van der Waals surface area contributed by atoms with Crippen LogP contribution in [-0.4, -0.2) is 54.9 Å². The molecule has 0 N–H and O–H groups in total. The van der Waals surface area contributed by atoms with Crippen LogP contribution < -0.4 is 4.74 Å². The Balaban J connectivity index is 1.67. The molecule has 1 aliphatic heterocycles. The number of piperidine rings is 1. The lowest BCUT2D eigenvalue weighted by atomic mass is 9.95. The van der Waals surface area contributed by atoms with Crippen molar-refractivity contribution < 1.29 is 14.3 Å². The Morgan fingerprint density at radius 1 is 1.31 bits per heavy atom. The molecule has 0 aliphatic carbocycles. The van der Waals surface area contributed by atoms with Gasteiger partial charge in [-0.15, -0.1) is 0 Å². The summed E-state index contributed by atoms with van der Waals surface area (Å²) in [5.41, 5.74) is 0. The van der Waals surface area contributed by atoms with Crippen LogP contribution in [0.2, 0.25) is 5.02 Å². The van der Waals surface area contributed by atoms with Crippen LogP contribution in [0.4, 0.5) is 0 Å². The standard InChI is InChI=1S/C20H29ClN2O3/c1-3-6-19(24)23-12-9-16(10-13-23)20(25)22(2)11-5-14-26-18-8-4-7-17(21)15-18/h4,7-8,15-16H,3,5-6,9-14H2,1-2H3. The number of carbonyl (C=O) groups excluding carboxylic acids is 2. The molecule has 0 saturated carbocycles. The molecule has 144 valence electrons. The van der Waals surface area contributed by atoms with Crippen molar-refractivity contribution in [3.8, 4) is 5.75 Å². The molecular formula is C20H29ClN2O3. The lowest BCUT2D eigenvalue weighted by molar-refractivity contribution is -0.140. The van der Waals surface area contributed by atoms with Crippen LogP contribution in [0.25, 0.3) is 0 Å². The van der Waals surface area contributed by atoms with E-state index in [2.05, 4.69) is 0 Å². The predicted octanol–water partition coefficient (Wildman–Crippen LogP) is 3.61. The number of ether oxygens (including phenoxy) is 1. The van der Waals surface area contributed by atoms with Gasteiger partial charge in [-0.3, -0.25) is 9.59 Å². The van der Waals surface area contributed by atoms with Crippen molar-refractivity contribution in [3.05, 3.63) is 29.3 Å². The number of amides is 2. The molecule has 6 heteroatoms. The molecule has 0 unspecified atom stereocenters. The number of likely N-dealkylation sites (tertiary alicyclic amines) is 1.